The van der Waals surface area contributed by atoms with Gasteiger partial charge in [0, 0.05) is 21.4 Å². The summed E-state index contributed by atoms with van der Waals surface area (Å²) in [5.74, 6) is 1.79. The predicted octanol–water partition coefficient (Wildman–Crippen LogP) is 5.34. The molecule has 7 heteroatoms. The summed E-state index contributed by atoms with van der Waals surface area (Å²) in [6, 6.07) is 12.8. The molecule has 2 aromatic carbocycles. The van der Waals surface area contributed by atoms with Crippen LogP contribution in [0, 0.1) is 0 Å². The van der Waals surface area contributed by atoms with E-state index < -0.39 is 0 Å². The summed E-state index contributed by atoms with van der Waals surface area (Å²) < 4.78 is 10.8. The fourth-order valence-corrected chi connectivity index (χ4v) is 3.43. The summed E-state index contributed by atoms with van der Waals surface area (Å²) in [5.41, 5.74) is 1.69. The molecule has 0 fully saturated rings. The van der Waals surface area contributed by atoms with E-state index in [1.54, 1.807) is 19.2 Å². The van der Waals surface area contributed by atoms with Gasteiger partial charge in [0.05, 0.1) is 7.11 Å². The zero-order chi connectivity index (χ0) is 16.2. The van der Waals surface area contributed by atoms with Crippen molar-refractivity contribution in [3.8, 4) is 17.2 Å². The van der Waals surface area contributed by atoms with Crippen molar-refractivity contribution in [2.45, 2.75) is 11.0 Å². The van der Waals surface area contributed by atoms with Crippen LogP contribution >= 0.6 is 35.0 Å². The summed E-state index contributed by atoms with van der Waals surface area (Å²) in [6.45, 7) is 0. The summed E-state index contributed by atoms with van der Waals surface area (Å²) in [4.78, 5) is 0. The van der Waals surface area contributed by atoms with Crippen molar-refractivity contribution in [1.82, 2.24) is 10.2 Å². The van der Waals surface area contributed by atoms with E-state index in [-0.39, 0.29) is 0 Å². The molecule has 0 amide bonds. The molecule has 0 atom stereocenters. The van der Waals surface area contributed by atoms with E-state index in [9.17, 15) is 0 Å². The molecule has 3 aromatic rings. The molecular weight excluding hydrogens is 355 g/mol. The number of halogens is 2. The molecule has 0 bridgehead atoms. The molecular formula is C16H12Cl2N2O2S. The van der Waals surface area contributed by atoms with Gasteiger partial charge in [-0.15, -0.1) is 10.2 Å². The third kappa shape index (κ3) is 3.80. The van der Waals surface area contributed by atoms with E-state index in [0.717, 1.165) is 16.9 Å². The van der Waals surface area contributed by atoms with E-state index >= 15 is 0 Å². The highest BCUT2D eigenvalue weighted by Crippen LogP contribution is 2.32. The molecule has 0 saturated carbocycles. The SMILES string of the molecule is COc1ccc(-c2nnc(SCc3c(Cl)cccc3Cl)o2)cc1. The van der Waals surface area contributed by atoms with E-state index in [2.05, 4.69) is 10.2 Å². The van der Waals surface area contributed by atoms with E-state index in [4.69, 9.17) is 32.4 Å². The van der Waals surface area contributed by atoms with Crippen LogP contribution < -0.4 is 4.74 Å². The lowest BCUT2D eigenvalue weighted by Gasteiger charge is -2.04. The fraction of sp³-hybridized carbons (Fsp3) is 0.125. The maximum absolute atomic E-state index is 6.15. The number of benzene rings is 2. The molecule has 4 nitrogen and oxygen atoms in total. The quantitative estimate of drug-likeness (QED) is 0.570. The van der Waals surface area contributed by atoms with Gasteiger partial charge in [-0.1, -0.05) is 41.0 Å². The van der Waals surface area contributed by atoms with Gasteiger partial charge in [0.15, 0.2) is 0 Å². The van der Waals surface area contributed by atoms with Gasteiger partial charge in [-0.05, 0) is 42.0 Å². The monoisotopic (exact) mass is 366 g/mol. The third-order valence-corrected chi connectivity index (χ3v) is 4.70. The van der Waals surface area contributed by atoms with Crippen LogP contribution in [0.2, 0.25) is 10.0 Å². The lowest BCUT2D eigenvalue weighted by molar-refractivity contribution is 0.414. The minimum Gasteiger partial charge on any atom is -0.497 e. The number of nitrogens with zero attached hydrogens (tertiary/aromatic N) is 2. The maximum atomic E-state index is 6.15. The van der Waals surface area contributed by atoms with Crippen LogP contribution in [0.25, 0.3) is 11.5 Å². The van der Waals surface area contributed by atoms with E-state index in [0.29, 0.717) is 26.9 Å². The van der Waals surface area contributed by atoms with Gasteiger partial charge in [0.1, 0.15) is 5.75 Å². The van der Waals surface area contributed by atoms with Gasteiger partial charge in [-0.2, -0.15) is 0 Å². The van der Waals surface area contributed by atoms with Crippen molar-refractivity contribution >= 4 is 35.0 Å². The Morgan fingerprint density at radius 1 is 1.04 bits per heavy atom. The fourth-order valence-electron chi connectivity index (χ4n) is 1.92. The Balaban J connectivity index is 1.72. The Morgan fingerprint density at radius 2 is 1.74 bits per heavy atom. The van der Waals surface area contributed by atoms with Crippen molar-refractivity contribution < 1.29 is 9.15 Å². The molecule has 118 valence electrons. The first kappa shape index (κ1) is 16.2. The standard InChI is InChI=1S/C16H12Cl2N2O2S/c1-21-11-7-5-10(6-8-11)15-19-20-16(22-15)23-9-12-13(17)3-2-4-14(12)18/h2-8H,9H2,1H3. The molecule has 0 unspecified atom stereocenters. The second-order valence-corrected chi connectivity index (χ2v) is 6.33. The molecule has 1 heterocycles. The first-order chi connectivity index (χ1) is 11.2. The minimum atomic E-state index is 0.459. The number of hydrogen-bond donors (Lipinski definition) is 0. The van der Waals surface area contributed by atoms with Crippen LogP contribution in [-0.4, -0.2) is 17.3 Å². The largest absolute Gasteiger partial charge is 0.497 e. The summed E-state index contributed by atoms with van der Waals surface area (Å²) in [6.07, 6.45) is 0. The van der Waals surface area contributed by atoms with Crippen molar-refractivity contribution in [1.29, 1.82) is 0 Å². The molecule has 23 heavy (non-hydrogen) atoms. The first-order valence-electron chi connectivity index (χ1n) is 6.71. The zero-order valence-corrected chi connectivity index (χ0v) is 14.5. The van der Waals surface area contributed by atoms with Crippen molar-refractivity contribution in [3.05, 3.63) is 58.1 Å². The Kier molecular flexibility index (Phi) is 5.10. The normalized spacial score (nSPS) is 10.7. The van der Waals surface area contributed by atoms with Gasteiger partial charge in [0.25, 0.3) is 5.22 Å². The van der Waals surface area contributed by atoms with Gasteiger partial charge < -0.3 is 9.15 Å². The smallest absolute Gasteiger partial charge is 0.277 e. The molecule has 0 spiro atoms. The van der Waals surface area contributed by atoms with Gasteiger partial charge >= 0.3 is 0 Å². The Labute approximate surface area is 147 Å². The van der Waals surface area contributed by atoms with E-state index in [1.165, 1.54) is 11.8 Å². The topological polar surface area (TPSA) is 48.2 Å². The number of methoxy groups -OCH3 is 1. The number of hydrogen-bond acceptors (Lipinski definition) is 5. The van der Waals surface area contributed by atoms with E-state index in [1.807, 2.05) is 30.3 Å². The minimum absolute atomic E-state index is 0.459. The van der Waals surface area contributed by atoms with Gasteiger partial charge in [0.2, 0.25) is 5.89 Å². The van der Waals surface area contributed by atoms with Crippen LogP contribution in [0.3, 0.4) is 0 Å². The molecule has 0 aliphatic carbocycles. The molecule has 1 aromatic heterocycles. The van der Waals surface area contributed by atoms with Crippen molar-refractivity contribution in [3.63, 3.8) is 0 Å². The van der Waals surface area contributed by atoms with Crippen molar-refractivity contribution in [2.24, 2.45) is 0 Å². The van der Waals surface area contributed by atoms with Crippen LogP contribution in [0.15, 0.2) is 52.1 Å². The summed E-state index contributed by atoms with van der Waals surface area (Å²) in [7, 11) is 1.62. The van der Waals surface area contributed by atoms with Crippen LogP contribution in [0.5, 0.6) is 5.75 Å². The van der Waals surface area contributed by atoms with Gasteiger partial charge in [-0.25, -0.2) is 0 Å². The van der Waals surface area contributed by atoms with Crippen LogP contribution in [0.4, 0.5) is 0 Å². The molecule has 0 aliphatic rings. The summed E-state index contributed by atoms with van der Waals surface area (Å²) >= 11 is 13.7. The number of ether oxygens (including phenoxy) is 1. The average molecular weight is 367 g/mol. The zero-order valence-electron chi connectivity index (χ0n) is 12.1. The Bertz CT molecular complexity index is 786. The highest BCUT2D eigenvalue weighted by Gasteiger charge is 2.12. The molecule has 0 radical (unpaired) electrons. The van der Waals surface area contributed by atoms with Crippen LogP contribution in [-0.2, 0) is 5.75 Å². The second-order valence-electron chi connectivity index (χ2n) is 4.59. The molecule has 0 saturated heterocycles. The average Bonchev–Trinajstić information content (AvgIpc) is 3.03. The maximum Gasteiger partial charge on any atom is 0.277 e. The summed E-state index contributed by atoms with van der Waals surface area (Å²) in [5, 5.41) is 9.81. The van der Waals surface area contributed by atoms with Crippen LogP contribution in [0.1, 0.15) is 5.56 Å². The first-order valence-corrected chi connectivity index (χ1v) is 8.45. The Hall–Kier alpha value is -1.69. The number of aromatic nitrogens is 2. The highest BCUT2D eigenvalue weighted by atomic mass is 35.5. The molecule has 0 aliphatic heterocycles. The van der Waals surface area contributed by atoms with Gasteiger partial charge in [-0.3, -0.25) is 0 Å². The number of rotatable bonds is 5. The third-order valence-electron chi connectivity index (χ3n) is 3.15. The highest BCUT2D eigenvalue weighted by molar-refractivity contribution is 7.98. The predicted molar refractivity (Wildman–Crippen MR) is 92.3 cm³/mol. The van der Waals surface area contributed by atoms with Crippen molar-refractivity contribution in [2.75, 3.05) is 7.11 Å². The molecule has 0 N–H and O–H groups in total. The second kappa shape index (κ2) is 7.25. The Morgan fingerprint density at radius 3 is 2.39 bits per heavy atom. The lowest BCUT2D eigenvalue weighted by atomic mass is 10.2. The molecule has 3 rings (SSSR count). The lowest BCUT2D eigenvalue weighted by Crippen LogP contribution is -1.84. The number of thioether (sulfide) groups is 1.